The van der Waals surface area contributed by atoms with Gasteiger partial charge in [-0.05, 0) is 19.4 Å². The standard InChI is InChI=1S/C20H21ClN6O2/c21-12-8-16(28)19(23-9-12)18-14-5-1-2-6-15(14)20(26-25-18)24-13-4-3-7-27(10-13)11-17(22)29/h1-2,5-6,8-9,13,28H,3-4,7,10-11H2,(H2,22,29)(H,24,26). The van der Waals surface area contributed by atoms with Gasteiger partial charge in [0.2, 0.25) is 5.91 Å². The molecule has 2 aromatic heterocycles. The van der Waals surface area contributed by atoms with Gasteiger partial charge in [0.1, 0.15) is 17.1 Å². The number of anilines is 1. The molecule has 0 radical (unpaired) electrons. The van der Waals surface area contributed by atoms with E-state index in [1.165, 1.54) is 12.3 Å². The SMILES string of the molecule is NC(=O)CN1CCCC(Nc2nnc(-c3ncc(Cl)cc3O)c3ccccc23)C1. The van der Waals surface area contributed by atoms with Crippen LogP contribution in [0.15, 0.2) is 36.5 Å². The molecule has 1 saturated heterocycles. The molecule has 150 valence electrons. The number of piperidine rings is 1. The maximum atomic E-state index is 11.2. The number of likely N-dealkylation sites (tertiary alicyclic amines) is 1. The molecule has 3 aromatic rings. The molecule has 0 bridgehead atoms. The van der Waals surface area contributed by atoms with Crippen molar-refractivity contribution in [1.82, 2.24) is 20.1 Å². The summed E-state index contributed by atoms with van der Waals surface area (Å²) < 4.78 is 0. The van der Waals surface area contributed by atoms with Gasteiger partial charge in [-0.1, -0.05) is 35.9 Å². The molecule has 29 heavy (non-hydrogen) atoms. The van der Waals surface area contributed by atoms with Crippen LogP contribution in [0.2, 0.25) is 5.02 Å². The Balaban J connectivity index is 1.66. The van der Waals surface area contributed by atoms with E-state index in [4.69, 9.17) is 17.3 Å². The zero-order valence-corrected chi connectivity index (χ0v) is 16.4. The van der Waals surface area contributed by atoms with Gasteiger partial charge in [0, 0.05) is 35.6 Å². The normalized spacial score (nSPS) is 17.3. The first kappa shape index (κ1) is 19.4. The van der Waals surface area contributed by atoms with E-state index in [0.717, 1.165) is 30.2 Å². The van der Waals surface area contributed by atoms with Crippen LogP contribution >= 0.6 is 11.6 Å². The molecule has 8 nitrogen and oxygen atoms in total. The number of carbonyl (C=O) groups is 1. The van der Waals surface area contributed by atoms with Crippen LogP contribution in [0.5, 0.6) is 5.75 Å². The molecule has 4 rings (SSSR count). The summed E-state index contributed by atoms with van der Waals surface area (Å²) in [6.45, 7) is 1.82. The van der Waals surface area contributed by atoms with Crippen LogP contribution in [0.25, 0.3) is 22.2 Å². The monoisotopic (exact) mass is 412 g/mol. The van der Waals surface area contributed by atoms with E-state index in [-0.39, 0.29) is 24.2 Å². The average Bonchev–Trinajstić information content (AvgIpc) is 2.69. The number of amides is 1. The first-order valence-electron chi connectivity index (χ1n) is 9.39. The zero-order valence-electron chi connectivity index (χ0n) is 15.7. The van der Waals surface area contributed by atoms with Gasteiger partial charge in [0.15, 0.2) is 5.82 Å². The van der Waals surface area contributed by atoms with Crippen LogP contribution in [0.1, 0.15) is 12.8 Å². The Hall–Kier alpha value is -2.97. The summed E-state index contributed by atoms with van der Waals surface area (Å²) in [5.74, 6) is 0.284. The van der Waals surface area contributed by atoms with E-state index in [1.807, 2.05) is 29.2 Å². The number of hydrogen-bond acceptors (Lipinski definition) is 7. The number of benzene rings is 1. The second kappa shape index (κ2) is 8.18. The third-order valence-electron chi connectivity index (χ3n) is 4.97. The van der Waals surface area contributed by atoms with Crippen LogP contribution < -0.4 is 11.1 Å². The van der Waals surface area contributed by atoms with Gasteiger partial charge in [0.25, 0.3) is 0 Å². The number of primary amides is 1. The highest BCUT2D eigenvalue weighted by atomic mass is 35.5. The third kappa shape index (κ3) is 4.23. The fraction of sp³-hybridized carbons (Fsp3) is 0.300. The predicted molar refractivity (Wildman–Crippen MR) is 112 cm³/mol. The van der Waals surface area contributed by atoms with Gasteiger partial charge in [0.05, 0.1) is 11.6 Å². The van der Waals surface area contributed by atoms with Crippen molar-refractivity contribution in [2.24, 2.45) is 5.73 Å². The lowest BCUT2D eigenvalue weighted by atomic mass is 10.0. The quantitative estimate of drug-likeness (QED) is 0.589. The predicted octanol–water partition coefficient (Wildman–Crippen LogP) is 2.41. The van der Waals surface area contributed by atoms with Gasteiger partial charge in [-0.2, -0.15) is 0 Å². The molecule has 0 saturated carbocycles. The highest BCUT2D eigenvalue weighted by molar-refractivity contribution is 6.30. The summed E-state index contributed by atoms with van der Waals surface area (Å²) in [5.41, 5.74) is 6.15. The fourth-order valence-electron chi connectivity index (χ4n) is 3.73. The first-order chi connectivity index (χ1) is 14.0. The molecule has 9 heteroatoms. The molecular weight excluding hydrogens is 392 g/mol. The van der Waals surface area contributed by atoms with E-state index < -0.39 is 0 Å². The summed E-state index contributed by atoms with van der Waals surface area (Å²) in [7, 11) is 0. The molecule has 0 spiro atoms. The van der Waals surface area contributed by atoms with Crippen LogP contribution in [0.3, 0.4) is 0 Å². The van der Waals surface area contributed by atoms with E-state index in [2.05, 4.69) is 20.5 Å². The van der Waals surface area contributed by atoms with Crippen LogP contribution in [-0.4, -0.2) is 56.8 Å². The number of rotatable bonds is 5. The Labute approximate surface area is 172 Å². The number of carbonyl (C=O) groups excluding carboxylic acids is 1. The lowest BCUT2D eigenvalue weighted by Gasteiger charge is -2.32. The van der Waals surface area contributed by atoms with Crippen molar-refractivity contribution in [3.63, 3.8) is 0 Å². The number of aromatic hydroxyl groups is 1. The highest BCUT2D eigenvalue weighted by Gasteiger charge is 2.23. The molecule has 0 aliphatic carbocycles. The molecule has 1 atom stereocenters. The van der Waals surface area contributed by atoms with Crippen molar-refractivity contribution >= 4 is 34.1 Å². The molecular formula is C20H21ClN6O2. The minimum absolute atomic E-state index is 0.0490. The molecule has 1 unspecified atom stereocenters. The Morgan fingerprint density at radius 3 is 2.83 bits per heavy atom. The summed E-state index contributed by atoms with van der Waals surface area (Å²) in [6, 6.07) is 9.26. The lowest BCUT2D eigenvalue weighted by Crippen LogP contribution is -2.45. The van der Waals surface area contributed by atoms with Gasteiger partial charge in [-0.25, -0.2) is 4.98 Å². The second-order valence-corrected chi connectivity index (χ2v) is 7.59. The first-order valence-corrected chi connectivity index (χ1v) is 9.76. The molecule has 1 amide bonds. The Morgan fingerprint density at radius 1 is 1.28 bits per heavy atom. The van der Waals surface area contributed by atoms with Crippen molar-refractivity contribution < 1.29 is 9.90 Å². The topological polar surface area (TPSA) is 117 Å². The number of nitrogens with one attached hydrogen (secondary N) is 1. The number of nitrogens with two attached hydrogens (primary N) is 1. The van der Waals surface area contributed by atoms with Gasteiger partial charge in [-0.15, -0.1) is 10.2 Å². The second-order valence-electron chi connectivity index (χ2n) is 7.15. The Morgan fingerprint density at radius 2 is 2.07 bits per heavy atom. The van der Waals surface area contributed by atoms with Crippen LogP contribution in [-0.2, 0) is 4.79 Å². The number of aromatic nitrogens is 3. The third-order valence-corrected chi connectivity index (χ3v) is 5.18. The molecule has 1 aliphatic heterocycles. The summed E-state index contributed by atoms with van der Waals surface area (Å²) in [4.78, 5) is 17.5. The number of fused-ring (bicyclic) bond motifs is 1. The van der Waals surface area contributed by atoms with E-state index in [1.54, 1.807) is 0 Å². The van der Waals surface area contributed by atoms with E-state index >= 15 is 0 Å². The molecule has 3 heterocycles. The zero-order chi connectivity index (χ0) is 20.4. The minimum atomic E-state index is -0.324. The highest BCUT2D eigenvalue weighted by Crippen LogP contribution is 2.34. The number of nitrogens with zero attached hydrogens (tertiary/aromatic N) is 4. The number of hydrogen-bond donors (Lipinski definition) is 3. The van der Waals surface area contributed by atoms with Crippen molar-refractivity contribution in [3.05, 3.63) is 41.6 Å². The maximum absolute atomic E-state index is 11.2. The van der Waals surface area contributed by atoms with Crippen molar-refractivity contribution in [2.45, 2.75) is 18.9 Å². The molecule has 1 fully saturated rings. The number of pyridine rings is 1. The maximum Gasteiger partial charge on any atom is 0.231 e. The number of halogens is 1. The lowest BCUT2D eigenvalue weighted by molar-refractivity contribution is -0.119. The molecule has 1 aliphatic rings. The van der Waals surface area contributed by atoms with Crippen molar-refractivity contribution in [3.8, 4) is 17.1 Å². The molecule has 1 aromatic carbocycles. The summed E-state index contributed by atoms with van der Waals surface area (Å²) >= 11 is 5.90. The smallest absolute Gasteiger partial charge is 0.231 e. The van der Waals surface area contributed by atoms with Gasteiger partial charge >= 0.3 is 0 Å². The van der Waals surface area contributed by atoms with Crippen molar-refractivity contribution in [1.29, 1.82) is 0 Å². The van der Waals surface area contributed by atoms with E-state index in [0.29, 0.717) is 28.8 Å². The summed E-state index contributed by atoms with van der Waals surface area (Å²) in [6.07, 6.45) is 3.40. The van der Waals surface area contributed by atoms with Crippen LogP contribution in [0, 0.1) is 0 Å². The van der Waals surface area contributed by atoms with Gasteiger partial charge < -0.3 is 16.2 Å². The minimum Gasteiger partial charge on any atom is -0.506 e. The largest absolute Gasteiger partial charge is 0.506 e. The summed E-state index contributed by atoms with van der Waals surface area (Å²) in [5, 5.41) is 24.5. The van der Waals surface area contributed by atoms with Crippen LogP contribution in [0.4, 0.5) is 5.82 Å². The van der Waals surface area contributed by atoms with Gasteiger partial charge in [-0.3, -0.25) is 9.69 Å². The molecule has 4 N–H and O–H groups in total. The Kier molecular flexibility index (Phi) is 5.46. The Bertz CT molecular complexity index is 1060. The van der Waals surface area contributed by atoms with Crippen molar-refractivity contribution in [2.75, 3.05) is 25.0 Å². The fourth-order valence-corrected chi connectivity index (χ4v) is 3.88. The average molecular weight is 413 g/mol. The van der Waals surface area contributed by atoms with E-state index in [9.17, 15) is 9.90 Å².